The monoisotopic (exact) mass is 1100 g/mol. The number of nitrogens with zero attached hydrogens (tertiary/aromatic N) is 4. The summed E-state index contributed by atoms with van der Waals surface area (Å²) in [5, 5.41) is 33.9. The van der Waals surface area contributed by atoms with E-state index in [1.807, 2.05) is 56.0 Å². The van der Waals surface area contributed by atoms with Crippen molar-refractivity contribution in [2.45, 2.75) is 141 Å². The number of ketones is 1. The number of carbonyl (C=O) groups excluding carboxylic acids is 6. The van der Waals surface area contributed by atoms with Gasteiger partial charge < -0.3 is 41.2 Å². The third-order valence-electron chi connectivity index (χ3n) is 13.1. The molecule has 1 aliphatic rings. The number of methoxy groups -OCH3 is 1. The number of carbonyl (C=O) groups is 6. The highest BCUT2D eigenvalue weighted by Gasteiger charge is 2.41. The van der Waals surface area contributed by atoms with Gasteiger partial charge in [0.15, 0.2) is 5.78 Å². The fraction of sp³-hybridized carbons (Fsp3) is 0.536. The molecule has 2 unspecified atom stereocenters. The van der Waals surface area contributed by atoms with Gasteiger partial charge >= 0.3 is 10.1 Å². The predicted molar refractivity (Wildman–Crippen MR) is 291 cm³/mol. The molecule has 0 bridgehead atoms. The van der Waals surface area contributed by atoms with E-state index in [9.17, 15) is 42.3 Å². The third kappa shape index (κ3) is 19.4. The molecule has 0 spiro atoms. The lowest BCUT2D eigenvalue weighted by molar-refractivity contribution is -0.143. The standard InChI is InChI=1S/C56H79N9O12S/c1-9-16-39(6)65-34-43(62-63-65)33-57-52(68)42-22-24-48(75-8)49(32-42)78(73,74)77-36-56(7,72)51(67)45(29-37(2)3)59-55(71)47(31-41-19-14-11-15-20-41)61-54(70)46(30-38(4)5)60-53(69)44(23-21-40-17-12-10-13-18-40)58-50(66)35-64-25-27-76-28-26-64/h10-15,17-20,22,24,32,34,37-39,44-47,72H,9,16,21,23,25-31,33,35-36H2,1-8H3,(H,57,68)(H,58,66)(H,59,71)(H,60,69)(H,61,70)/t39?,44-,45-,46-,47-,56?/m0/s1. The molecule has 1 fully saturated rings. The van der Waals surface area contributed by atoms with Crippen molar-refractivity contribution in [1.29, 1.82) is 0 Å². The van der Waals surface area contributed by atoms with Gasteiger partial charge in [-0.15, -0.1) is 5.10 Å². The van der Waals surface area contributed by atoms with Crippen molar-refractivity contribution in [3.8, 4) is 5.75 Å². The van der Waals surface area contributed by atoms with E-state index in [0.717, 1.165) is 31.4 Å². The van der Waals surface area contributed by atoms with Crippen LogP contribution in [-0.4, -0.2) is 145 Å². The van der Waals surface area contributed by atoms with E-state index in [1.54, 1.807) is 55.1 Å². The minimum Gasteiger partial charge on any atom is -0.495 e. The number of hydrogen-bond acceptors (Lipinski definition) is 15. The summed E-state index contributed by atoms with van der Waals surface area (Å²) >= 11 is 0. The minimum atomic E-state index is -4.83. The van der Waals surface area contributed by atoms with Gasteiger partial charge in [-0.05, 0) is 87.1 Å². The topological polar surface area (TPSA) is 279 Å². The van der Waals surface area contributed by atoms with Gasteiger partial charge in [0.25, 0.3) is 5.91 Å². The lowest BCUT2D eigenvalue weighted by atomic mass is 9.90. The van der Waals surface area contributed by atoms with Crippen molar-refractivity contribution in [3.63, 3.8) is 0 Å². The van der Waals surface area contributed by atoms with Gasteiger partial charge in [-0.2, -0.15) is 8.42 Å². The smallest absolute Gasteiger partial charge is 0.300 e. The molecular formula is C56H79N9O12S. The van der Waals surface area contributed by atoms with Crippen molar-refractivity contribution in [2.75, 3.05) is 46.6 Å². The first-order valence-corrected chi connectivity index (χ1v) is 28.1. The van der Waals surface area contributed by atoms with Crippen molar-refractivity contribution in [3.05, 3.63) is 107 Å². The molecule has 2 heterocycles. The van der Waals surface area contributed by atoms with Crippen molar-refractivity contribution in [2.24, 2.45) is 11.8 Å². The van der Waals surface area contributed by atoms with Crippen LogP contribution in [0.5, 0.6) is 5.75 Å². The Bertz CT molecular complexity index is 2720. The molecule has 5 amide bonds. The molecule has 1 aromatic heterocycles. The molecule has 0 radical (unpaired) electrons. The molecule has 426 valence electrons. The maximum atomic E-state index is 14.5. The van der Waals surface area contributed by atoms with E-state index in [2.05, 4.69) is 43.8 Å². The highest BCUT2D eigenvalue weighted by atomic mass is 32.2. The molecule has 3 aromatic carbocycles. The number of Topliss-reactive ketones (excluding diaryl/α,β-unsaturated/α-hetero) is 1. The van der Waals surface area contributed by atoms with Crippen LogP contribution in [0.3, 0.4) is 0 Å². The molecule has 6 atom stereocenters. The van der Waals surface area contributed by atoms with Gasteiger partial charge in [-0.25, -0.2) is 4.68 Å². The van der Waals surface area contributed by atoms with E-state index in [1.165, 1.54) is 19.2 Å². The summed E-state index contributed by atoms with van der Waals surface area (Å²) in [4.78, 5) is 85.6. The Labute approximate surface area is 458 Å². The zero-order valence-corrected chi connectivity index (χ0v) is 47.0. The van der Waals surface area contributed by atoms with E-state index in [4.69, 9.17) is 13.7 Å². The van der Waals surface area contributed by atoms with Gasteiger partial charge in [0, 0.05) is 25.1 Å². The summed E-state index contributed by atoms with van der Waals surface area (Å²) in [5.74, 6) is -4.57. The number of morpholine rings is 1. The van der Waals surface area contributed by atoms with Gasteiger partial charge in [-0.1, -0.05) is 107 Å². The normalized spacial score (nSPS) is 15.7. The number of hydrogen-bond donors (Lipinski definition) is 6. The summed E-state index contributed by atoms with van der Waals surface area (Å²) < 4.78 is 45.5. The summed E-state index contributed by atoms with van der Waals surface area (Å²) in [6.45, 7) is 13.5. The Morgan fingerprint density at radius 3 is 1.99 bits per heavy atom. The number of ether oxygens (including phenoxy) is 2. The fourth-order valence-corrected chi connectivity index (χ4v) is 10.0. The Kier molecular flexibility index (Phi) is 23.9. The molecule has 6 N–H and O–H groups in total. The van der Waals surface area contributed by atoms with Crippen LogP contribution < -0.4 is 31.3 Å². The van der Waals surface area contributed by atoms with Gasteiger partial charge in [0.05, 0.1) is 51.7 Å². The molecule has 4 aromatic rings. The van der Waals surface area contributed by atoms with Crippen molar-refractivity contribution < 1.29 is 55.9 Å². The molecule has 0 saturated carbocycles. The Balaban J connectivity index is 1.31. The van der Waals surface area contributed by atoms with Gasteiger partial charge in [0.1, 0.15) is 46.7 Å². The van der Waals surface area contributed by atoms with Crippen molar-refractivity contribution >= 4 is 45.4 Å². The van der Waals surface area contributed by atoms with Crippen LogP contribution in [0, 0.1) is 11.8 Å². The Morgan fingerprint density at radius 2 is 1.36 bits per heavy atom. The first-order chi connectivity index (χ1) is 37.1. The van der Waals surface area contributed by atoms with Crippen LogP contribution in [-0.2, 0) is 62.4 Å². The van der Waals surface area contributed by atoms with E-state index < -0.39 is 80.8 Å². The molecule has 0 aliphatic carbocycles. The maximum absolute atomic E-state index is 14.5. The number of aryl methyl sites for hydroxylation is 1. The van der Waals surface area contributed by atoms with Gasteiger partial charge in [0.2, 0.25) is 23.6 Å². The second-order valence-corrected chi connectivity index (χ2v) is 22.5. The predicted octanol–water partition coefficient (Wildman–Crippen LogP) is 3.84. The largest absolute Gasteiger partial charge is 0.495 e. The van der Waals surface area contributed by atoms with Crippen LogP contribution in [0.15, 0.2) is 90.0 Å². The lowest BCUT2D eigenvalue weighted by Crippen LogP contribution is -2.60. The highest BCUT2D eigenvalue weighted by molar-refractivity contribution is 7.86. The average Bonchev–Trinajstić information content (AvgIpc) is 3.92. The zero-order chi connectivity index (χ0) is 57.0. The SMILES string of the molecule is CCCC(C)n1cc(CNC(=O)c2ccc(OC)c(S(=O)(=O)OCC(C)(O)C(=O)[C@H](CC(C)C)NC(=O)[C@H](Cc3ccccc3)NC(=O)[C@H](CC(C)C)NC(=O)[C@H](CCc3ccccc3)NC(=O)CN3CCOCC3)c2)nn1. The molecule has 5 rings (SSSR count). The molecular weight excluding hydrogens is 1020 g/mol. The zero-order valence-electron chi connectivity index (χ0n) is 46.2. The summed E-state index contributed by atoms with van der Waals surface area (Å²) in [7, 11) is -3.61. The lowest BCUT2D eigenvalue weighted by Gasteiger charge is -2.30. The van der Waals surface area contributed by atoms with E-state index in [0.29, 0.717) is 44.0 Å². The Morgan fingerprint density at radius 1 is 0.769 bits per heavy atom. The van der Waals surface area contributed by atoms with Crippen LogP contribution in [0.25, 0.3) is 0 Å². The first kappa shape index (κ1) is 62.3. The second-order valence-electron chi connectivity index (χ2n) is 20.9. The summed E-state index contributed by atoms with van der Waals surface area (Å²) in [5.41, 5.74) is -0.483. The minimum absolute atomic E-state index is 0.00643. The number of aromatic nitrogens is 3. The first-order valence-electron chi connectivity index (χ1n) is 26.7. The van der Waals surface area contributed by atoms with E-state index >= 15 is 0 Å². The quantitative estimate of drug-likeness (QED) is 0.0391. The van der Waals surface area contributed by atoms with Gasteiger partial charge in [-0.3, -0.25) is 37.9 Å². The third-order valence-corrected chi connectivity index (χ3v) is 14.4. The molecule has 21 nitrogen and oxygen atoms in total. The second kappa shape index (κ2) is 30.0. The average molecular weight is 1100 g/mol. The molecule has 1 saturated heterocycles. The number of nitrogens with one attached hydrogen (secondary N) is 5. The number of aliphatic hydroxyl groups is 1. The van der Waals surface area contributed by atoms with Crippen LogP contribution >= 0.6 is 0 Å². The fourth-order valence-electron chi connectivity index (χ4n) is 8.86. The van der Waals surface area contributed by atoms with Crippen LogP contribution in [0.4, 0.5) is 0 Å². The van der Waals surface area contributed by atoms with E-state index in [-0.39, 0.29) is 73.9 Å². The highest BCUT2D eigenvalue weighted by Crippen LogP contribution is 2.28. The summed E-state index contributed by atoms with van der Waals surface area (Å²) in [6.07, 6.45) is 4.36. The summed E-state index contributed by atoms with van der Waals surface area (Å²) in [6, 6.07) is 17.2. The number of rotatable bonds is 31. The molecule has 22 heteroatoms. The van der Waals surface area contributed by atoms with Crippen LogP contribution in [0.2, 0.25) is 0 Å². The number of benzene rings is 3. The molecule has 1 aliphatic heterocycles. The Hall–Kier alpha value is -6.59. The van der Waals surface area contributed by atoms with Crippen molar-refractivity contribution in [1.82, 2.24) is 46.5 Å². The van der Waals surface area contributed by atoms with Crippen LogP contribution in [0.1, 0.15) is 114 Å². The molecule has 78 heavy (non-hydrogen) atoms. The maximum Gasteiger partial charge on any atom is 0.300 e. The number of amides is 5.